The molecule has 1 aromatic carbocycles. The average molecular weight is 342 g/mol. The summed E-state index contributed by atoms with van der Waals surface area (Å²) in [5.41, 5.74) is 0. The molecule has 0 saturated heterocycles. The van der Waals surface area contributed by atoms with Gasteiger partial charge < -0.3 is 9.47 Å². The number of alkyl halides is 1. The molecule has 1 aromatic rings. The van der Waals surface area contributed by atoms with Gasteiger partial charge in [-0.15, -0.1) is 0 Å². The number of halogens is 1. The summed E-state index contributed by atoms with van der Waals surface area (Å²) >= 11 is 3.52. The fourth-order valence-electron chi connectivity index (χ4n) is 2.44. The Morgan fingerprint density at radius 1 is 1.15 bits per heavy atom. The Morgan fingerprint density at radius 3 is 2.40 bits per heavy atom. The number of hydrogen-bond acceptors (Lipinski definition) is 3. The van der Waals surface area contributed by atoms with Gasteiger partial charge in [-0.2, -0.15) is 0 Å². The van der Waals surface area contributed by atoms with Crippen LogP contribution in [0, 0.1) is 0 Å². The number of nitrogens with zero attached hydrogens (tertiary/aromatic N) is 1. The summed E-state index contributed by atoms with van der Waals surface area (Å²) < 4.78 is 11.0. The maximum atomic E-state index is 5.83. The molecule has 2 rings (SSSR count). The lowest BCUT2D eigenvalue weighted by atomic mass is 9.91. The zero-order valence-corrected chi connectivity index (χ0v) is 13.8. The van der Waals surface area contributed by atoms with Crippen LogP contribution < -0.4 is 9.47 Å². The van der Waals surface area contributed by atoms with Crippen molar-refractivity contribution in [3.05, 3.63) is 24.3 Å². The van der Waals surface area contributed by atoms with Crippen molar-refractivity contribution in [1.82, 2.24) is 4.90 Å². The van der Waals surface area contributed by atoms with Gasteiger partial charge in [0, 0.05) is 17.9 Å². The van der Waals surface area contributed by atoms with E-state index >= 15 is 0 Å². The molecule has 0 radical (unpaired) electrons. The van der Waals surface area contributed by atoms with Gasteiger partial charge in [0.25, 0.3) is 0 Å². The first-order valence-corrected chi connectivity index (χ1v) is 8.52. The third kappa shape index (κ3) is 4.67. The number of methoxy groups -OCH3 is 1. The minimum Gasteiger partial charge on any atom is -0.497 e. The first kappa shape index (κ1) is 15.6. The van der Waals surface area contributed by atoms with E-state index in [0.717, 1.165) is 36.0 Å². The van der Waals surface area contributed by atoms with Gasteiger partial charge in [-0.1, -0.05) is 22.4 Å². The van der Waals surface area contributed by atoms with Crippen molar-refractivity contribution in [3.63, 3.8) is 0 Å². The second-order valence-electron chi connectivity index (χ2n) is 5.19. The fourth-order valence-corrected chi connectivity index (χ4v) is 2.70. The molecule has 1 aliphatic carbocycles. The molecule has 1 saturated carbocycles. The van der Waals surface area contributed by atoms with E-state index in [9.17, 15) is 0 Å². The van der Waals surface area contributed by atoms with E-state index in [1.807, 2.05) is 24.3 Å². The van der Waals surface area contributed by atoms with Crippen LogP contribution in [0.2, 0.25) is 0 Å². The molecule has 0 unspecified atom stereocenters. The molecular weight excluding hydrogens is 318 g/mol. The van der Waals surface area contributed by atoms with Gasteiger partial charge in [-0.05, 0) is 50.1 Å². The van der Waals surface area contributed by atoms with Crippen molar-refractivity contribution >= 4 is 15.9 Å². The molecule has 0 aromatic heterocycles. The maximum Gasteiger partial charge on any atom is 0.119 e. The first-order chi connectivity index (χ1) is 9.83. The number of hydrogen-bond donors (Lipinski definition) is 0. The highest BCUT2D eigenvalue weighted by molar-refractivity contribution is 9.09. The SMILES string of the molecule is COc1ccc(OCCN(CCCBr)C2CCC2)cc1. The molecule has 0 amide bonds. The highest BCUT2D eigenvalue weighted by Crippen LogP contribution is 2.25. The number of ether oxygens (including phenoxy) is 2. The largest absolute Gasteiger partial charge is 0.497 e. The summed E-state index contributed by atoms with van der Waals surface area (Å²) in [4.78, 5) is 2.58. The molecule has 4 heteroatoms. The molecule has 112 valence electrons. The van der Waals surface area contributed by atoms with Crippen molar-refractivity contribution in [2.24, 2.45) is 0 Å². The van der Waals surface area contributed by atoms with Gasteiger partial charge in [-0.25, -0.2) is 0 Å². The van der Waals surface area contributed by atoms with Crippen LogP contribution in [-0.2, 0) is 0 Å². The summed E-state index contributed by atoms with van der Waals surface area (Å²) in [6.45, 7) is 2.94. The van der Waals surface area contributed by atoms with Gasteiger partial charge >= 0.3 is 0 Å². The molecule has 0 bridgehead atoms. The predicted molar refractivity (Wildman–Crippen MR) is 86.1 cm³/mol. The number of rotatable bonds is 9. The third-order valence-electron chi connectivity index (χ3n) is 3.88. The van der Waals surface area contributed by atoms with Gasteiger partial charge in [0.15, 0.2) is 0 Å². The second kappa shape index (κ2) is 8.53. The molecular formula is C16H24BrNO2. The minimum atomic E-state index is 0.755. The average Bonchev–Trinajstić information content (AvgIpc) is 2.43. The van der Waals surface area contributed by atoms with E-state index < -0.39 is 0 Å². The highest BCUT2D eigenvalue weighted by atomic mass is 79.9. The zero-order chi connectivity index (χ0) is 14.2. The molecule has 3 nitrogen and oxygen atoms in total. The molecule has 0 atom stereocenters. The van der Waals surface area contributed by atoms with E-state index in [1.54, 1.807) is 7.11 Å². The quantitative estimate of drug-likeness (QED) is 0.639. The second-order valence-corrected chi connectivity index (χ2v) is 5.98. The van der Waals surface area contributed by atoms with Crippen LogP contribution >= 0.6 is 15.9 Å². The predicted octanol–water partition coefficient (Wildman–Crippen LogP) is 3.71. The fraction of sp³-hybridized carbons (Fsp3) is 0.625. The zero-order valence-electron chi connectivity index (χ0n) is 12.2. The molecule has 20 heavy (non-hydrogen) atoms. The Bertz CT molecular complexity index is 379. The summed E-state index contributed by atoms with van der Waals surface area (Å²) in [5.74, 6) is 1.78. The van der Waals surface area contributed by atoms with Crippen LogP contribution in [0.3, 0.4) is 0 Å². The Morgan fingerprint density at radius 2 is 1.85 bits per heavy atom. The topological polar surface area (TPSA) is 21.7 Å². The Balaban J connectivity index is 1.73. The van der Waals surface area contributed by atoms with Crippen molar-refractivity contribution in [1.29, 1.82) is 0 Å². The monoisotopic (exact) mass is 341 g/mol. The van der Waals surface area contributed by atoms with Gasteiger partial charge in [-0.3, -0.25) is 4.90 Å². The van der Waals surface area contributed by atoms with Gasteiger partial charge in [0.2, 0.25) is 0 Å². The van der Waals surface area contributed by atoms with E-state index in [1.165, 1.54) is 32.2 Å². The van der Waals surface area contributed by atoms with Crippen LogP contribution in [0.1, 0.15) is 25.7 Å². The Labute approximate surface area is 130 Å². The van der Waals surface area contributed by atoms with Crippen LogP contribution in [0.5, 0.6) is 11.5 Å². The lowest BCUT2D eigenvalue weighted by molar-refractivity contribution is 0.107. The van der Waals surface area contributed by atoms with Crippen molar-refractivity contribution < 1.29 is 9.47 Å². The van der Waals surface area contributed by atoms with Gasteiger partial charge in [0.05, 0.1) is 7.11 Å². The molecule has 1 aliphatic rings. The van der Waals surface area contributed by atoms with E-state index in [0.29, 0.717) is 0 Å². The minimum absolute atomic E-state index is 0.755. The van der Waals surface area contributed by atoms with E-state index in [-0.39, 0.29) is 0 Å². The Hall–Kier alpha value is -0.740. The van der Waals surface area contributed by atoms with E-state index in [4.69, 9.17) is 9.47 Å². The maximum absolute atomic E-state index is 5.83. The first-order valence-electron chi connectivity index (χ1n) is 7.40. The molecule has 0 aliphatic heterocycles. The summed E-state index contributed by atoms with van der Waals surface area (Å²) in [7, 11) is 1.68. The summed E-state index contributed by atoms with van der Waals surface area (Å²) in [5, 5.41) is 1.08. The lowest BCUT2D eigenvalue weighted by Gasteiger charge is -2.37. The number of benzene rings is 1. The van der Waals surface area contributed by atoms with Crippen molar-refractivity contribution in [2.45, 2.75) is 31.7 Å². The highest BCUT2D eigenvalue weighted by Gasteiger charge is 2.24. The van der Waals surface area contributed by atoms with Crippen molar-refractivity contribution in [3.8, 4) is 11.5 Å². The standard InChI is InChI=1S/C16H24BrNO2/c1-19-15-6-8-16(9-7-15)20-13-12-18(11-3-10-17)14-4-2-5-14/h6-9,14H,2-5,10-13H2,1H3. The molecule has 0 spiro atoms. The molecule has 1 fully saturated rings. The summed E-state index contributed by atoms with van der Waals surface area (Å²) in [6.07, 6.45) is 5.30. The Kier molecular flexibility index (Phi) is 6.67. The normalized spacial score (nSPS) is 15.2. The molecule has 0 N–H and O–H groups in total. The smallest absolute Gasteiger partial charge is 0.119 e. The molecule has 0 heterocycles. The van der Waals surface area contributed by atoms with Crippen LogP contribution in [0.15, 0.2) is 24.3 Å². The third-order valence-corrected chi connectivity index (χ3v) is 4.44. The van der Waals surface area contributed by atoms with E-state index in [2.05, 4.69) is 20.8 Å². The summed E-state index contributed by atoms with van der Waals surface area (Å²) in [6, 6.07) is 8.58. The van der Waals surface area contributed by atoms with Crippen LogP contribution in [-0.4, -0.2) is 43.1 Å². The van der Waals surface area contributed by atoms with Gasteiger partial charge in [0.1, 0.15) is 18.1 Å². The lowest BCUT2D eigenvalue weighted by Crippen LogP contribution is -2.43. The van der Waals surface area contributed by atoms with Crippen molar-refractivity contribution in [2.75, 3.05) is 32.1 Å². The van der Waals surface area contributed by atoms with Crippen LogP contribution in [0.4, 0.5) is 0 Å². The van der Waals surface area contributed by atoms with Crippen LogP contribution in [0.25, 0.3) is 0 Å².